The molecule has 0 unspecified atom stereocenters. The molecule has 2 aromatic heterocycles. The van der Waals surface area contributed by atoms with Gasteiger partial charge in [-0.2, -0.15) is 11.8 Å². The molecule has 1 amide bonds. The van der Waals surface area contributed by atoms with Crippen LogP contribution >= 0.6 is 11.8 Å². The zero-order valence-corrected chi connectivity index (χ0v) is 12.9. The van der Waals surface area contributed by atoms with E-state index in [0.717, 1.165) is 28.5 Å². The number of pyridine rings is 1. The summed E-state index contributed by atoms with van der Waals surface area (Å²) in [7, 11) is 0. The van der Waals surface area contributed by atoms with E-state index in [4.69, 9.17) is 0 Å². The first-order valence-electron chi connectivity index (χ1n) is 7.16. The fourth-order valence-corrected chi connectivity index (χ4v) is 2.97. The minimum atomic E-state index is 0.0497. The van der Waals surface area contributed by atoms with Crippen molar-refractivity contribution in [3.63, 3.8) is 0 Å². The number of imidazole rings is 1. The number of thioether (sulfide) groups is 1. The quantitative estimate of drug-likeness (QED) is 0.708. The van der Waals surface area contributed by atoms with Crippen LogP contribution in [0.2, 0.25) is 0 Å². The lowest BCUT2D eigenvalue weighted by molar-refractivity contribution is -0.115. The molecule has 5 heteroatoms. The van der Waals surface area contributed by atoms with Gasteiger partial charge in [0.15, 0.2) is 0 Å². The van der Waals surface area contributed by atoms with Crippen LogP contribution in [0.25, 0.3) is 5.65 Å². The second-order valence-corrected chi connectivity index (χ2v) is 6.02. The molecule has 3 aromatic rings. The summed E-state index contributed by atoms with van der Waals surface area (Å²) in [4.78, 5) is 16.4. The van der Waals surface area contributed by atoms with E-state index in [1.807, 2.05) is 65.3 Å². The highest BCUT2D eigenvalue weighted by molar-refractivity contribution is 7.98. The highest BCUT2D eigenvalue weighted by Gasteiger charge is 2.04. The Morgan fingerprint density at radius 1 is 1.14 bits per heavy atom. The van der Waals surface area contributed by atoms with Crippen LogP contribution in [0.4, 0.5) is 5.69 Å². The van der Waals surface area contributed by atoms with Crippen molar-refractivity contribution in [3.05, 3.63) is 66.6 Å². The Labute approximate surface area is 133 Å². The molecule has 0 aliphatic carbocycles. The van der Waals surface area contributed by atoms with Crippen LogP contribution in [0.3, 0.4) is 0 Å². The number of carbonyl (C=O) groups is 1. The number of carbonyl (C=O) groups excluding carboxylic acids is 1. The lowest BCUT2D eigenvalue weighted by atomic mass is 10.3. The third kappa shape index (κ3) is 3.89. The van der Waals surface area contributed by atoms with Crippen LogP contribution in [0, 0.1) is 0 Å². The molecule has 0 spiro atoms. The number of hydrogen-bond donors (Lipinski definition) is 1. The van der Waals surface area contributed by atoms with Crippen molar-refractivity contribution in [2.45, 2.75) is 12.2 Å². The Kier molecular flexibility index (Phi) is 4.75. The maximum Gasteiger partial charge on any atom is 0.225 e. The number of nitrogens with zero attached hydrogens (tertiary/aromatic N) is 2. The first-order valence-corrected chi connectivity index (χ1v) is 8.32. The number of anilines is 1. The molecular weight excluding hydrogens is 294 g/mol. The number of hydrogen-bond acceptors (Lipinski definition) is 3. The Morgan fingerprint density at radius 2 is 1.95 bits per heavy atom. The molecule has 0 saturated carbocycles. The first kappa shape index (κ1) is 14.7. The Morgan fingerprint density at radius 3 is 2.77 bits per heavy atom. The number of benzene rings is 1. The molecular formula is C17H17N3OS. The third-order valence-corrected chi connectivity index (χ3v) is 4.19. The minimum absolute atomic E-state index is 0.0497. The summed E-state index contributed by atoms with van der Waals surface area (Å²) in [5.74, 6) is 1.65. The van der Waals surface area contributed by atoms with Gasteiger partial charge in [0.1, 0.15) is 5.65 Å². The molecule has 112 valence electrons. The monoisotopic (exact) mass is 311 g/mol. The summed E-state index contributed by atoms with van der Waals surface area (Å²) in [6.45, 7) is 0. The molecule has 0 fully saturated rings. The smallest absolute Gasteiger partial charge is 0.225 e. The van der Waals surface area contributed by atoms with E-state index in [1.165, 1.54) is 0 Å². The highest BCUT2D eigenvalue weighted by Crippen LogP contribution is 2.14. The number of para-hydroxylation sites is 1. The van der Waals surface area contributed by atoms with E-state index in [9.17, 15) is 4.79 Å². The van der Waals surface area contributed by atoms with Crippen molar-refractivity contribution in [1.82, 2.24) is 9.38 Å². The van der Waals surface area contributed by atoms with Gasteiger partial charge in [0, 0.05) is 36.0 Å². The summed E-state index contributed by atoms with van der Waals surface area (Å²) in [5.41, 5.74) is 2.84. The molecule has 0 atom stereocenters. The second kappa shape index (κ2) is 7.13. The van der Waals surface area contributed by atoms with E-state index in [1.54, 1.807) is 11.8 Å². The minimum Gasteiger partial charge on any atom is -0.326 e. The van der Waals surface area contributed by atoms with Gasteiger partial charge in [-0.3, -0.25) is 4.79 Å². The van der Waals surface area contributed by atoms with Gasteiger partial charge in [-0.1, -0.05) is 24.3 Å². The van der Waals surface area contributed by atoms with Gasteiger partial charge in [0.2, 0.25) is 5.91 Å². The van der Waals surface area contributed by atoms with Crippen molar-refractivity contribution in [1.29, 1.82) is 0 Å². The fraction of sp³-hybridized carbons (Fsp3) is 0.176. The van der Waals surface area contributed by atoms with E-state index in [-0.39, 0.29) is 5.91 Å². The molecule has 0 saturated heterocycles. The van der Waals surface area contributed by atoms with E-state index < -0.39 is 0 Å². The summed E-state index contributed by atoms with van der Waals surface area (Å²) in [5, 5.41) is 2.89. The van der Waals surface area contributed by atoms with Gasteiger partial charge in [0.05, 0.1) is 5.69 Å². The zero-order valence-electron chi connectivity index (χ0n) is 12.1. The van der Waals surface area contributed by atoms with Crippen LogP contribution in [0.15, 0.2) is 60.9 Å². The van der Waals surface area contributed by atoms with Crippen LogP contribution in [-0.2, 0) is 10.5 Å². The lowest BCUT2D eigenvalue weighted by Gasteiger charge is -2.04. The molecule has 0 radical (unpaired) electrons. The maximum absolute atomic E-state index is 11.8. The Balaban J connectivity index is 1.42. The molecule has 3 rings (SSSR count). The zero-order chi connectivity index (χ0) is 15.2. The van der Waals surface area contributed by atoms with Crippen LogP contribution in [0.1, 0.15) is 12.1 Å². The standard InChI is InChI=1S/C17H17N3OS/c21-17(19-14-6-2-1-3-7-14)9-11-22-13-15-12-20-10-5-4-8-16(20)18-15/h1-8,10,12H,9,11,13H2,(H,19,21). The number of aromatic nitrogens is 2. The Bertz CT molecular complexity index is 722. The SMILES string of the molecule is O=C(CCSCc1cn2ccccc2n1)Nc1ccccc1. The van der Waals surface area contributed by atoms with Gasteiger partial charge in [0.25, 0.3) is 0 Å². The van der Waals surface area contributed by atoms with E-state index >= 15 is 0 Å². The van der Waals surface area contributed by atoms with Crippen LogP contribution in [0.5, 0.6) is 0 Å². The van der Waals surface area contributed by atoms with Crippen LogP contribution in [-0.4, -0.2) is 21.0 Å². The normalized spacial score (nSPS) is 10.7. The van der Waals surface area contributed by atoms with E-state index in [2.05, 4.69) is 10.3 Å². The summed E-state index contributed by atoms with van der Waals surface area (Å²) in [6, 6.07) is 15.5. The van der Waals surface area contributed by atoms with Gasteiger partial charge in [-0.05, 0) is 24.3 Å². The van der Waals surface area contributed by atoms with Gasteiger partial charge in [-0.15, -0.1) is 0 Å². The molecule has 1 N–H and O–H groups in total. The van der Waals surface area contributed by atoms with Crippen molar-refractivity contribution < 1.29 is 4.79 Å². The second-order valence-electron chi connectivity index (χ2n) is 4.92. The predicted octanol–water partition coefficient (Wildman–Crippen LogP) is 3.60. The molecule has 2 heterocycles. The predicted molar refractivity (Wildman–Crippen MR) is 91.0 cm³/mol. The number of fused-ring (bicyclic) bond motifs is 1. The Hall–Kier alpha value is -2.27. The number of nitrogens with one attached hydrogen (secondary N) is 1. The summed E-state index contributed by atoms with van der Waals surface area (Å²) < 4.78 is 2.01. The molecule has 4 nitrogen and oxygen atoms in total. The average Bonchev–Trinajstić information content (AvgIpc) is 2.95. The summed E-state index contributed by atoms with van der Waals surface area (Å²) >= 11 is 1.72. The van der Waals surface area contributed by atoms with Crippen molar-refractivity contribution >= 4 is 29.0 Å². The third-order valence-electron chi connectivity index (χ3n) is 3.19. The van der Waals surface area contributed by atoms with Crippen molar-refractivity contribution in [3.8, 4) is 0 Å². The van der Waals surface area contributed by atoms with Gasteiger partial charge >= 0.3 is 0 Å². The molecule has 0 aliphatic rings. The molecule has 0 bridgehead atoms. The average molecular weight is 311 g/mol. The number of rotatable bonds is 6. The molecule has 22 heavy (non-hydrogen) atoms. The largest absolute Gasteiger partial charge is 0.326 e. The number of amides is 1. The van der Waals surface area contributed by atoms with Crippen molar-refractivity contribution in [2.75, 3.05) is 11.1 Å². The summed E-state index contributed by atoms with van der Waals surface area (Å²) in [6.07, 6.45) is 4.53. The van der Waals surface area contributed by atoms with Crippen LogP contribution < -0.4 is 5.32 Å². The fourth-order valence-electron chi connectivity index (χ4n) is 2.14. The highest BCUT2D eigenvalue weighted by atomic mass is 32.2. The van der Waals surface area contributed by atoms with Gasteiger partial charge < -0.3 is 9.72 Å². The topological polar surface area (TPSA) is 46.4 Å². The van der Waals surface area contributed by atoms with Gasteiger partial charge in [-0.25, -0.2) is 4.98 Å². The van der Waals surface area contributed by atoms with E-state index in [0.29, 0.717) is 6.42 Å². The first-order chi connectivity index (χ1) is 10.8. The molecule has 1 aromatic carbocycles. The van der Waals surface area contributed by atoms with Crippen molar-refractivity contribution in [2.24, 2.45) is 0 Å². The molecule has 0 aliphatic heterocycles. The lowest BCUT2D eigenvalue weighted by Crippen LogP contribution is -2.12. The maximum atomic E-state index is 11.8.